The smallest absolute Gasteiger partial charge is 0.268 e. The van der Waals surface area contributed by atoms with E-state index in [0.29, 0.717) is 10.9 Å². The fraction of sp³-hybridized carbons (Fsp3) is 0.294. The Kier molecular flexibility index (Phi) is 3.43. The molecule has 0 saturated heterocycles. The van der Waals surface area contributed by atoms with Crippen LogP contribution in [0.15, 0.2) is 35.1 Å². The maximum atomic E-state index is 12.9. The highest BCUT2D eigenvalue weighted by Crippen LogP contribution is 2.30. The van der Waals surface area contributed by atoms with Gasteiger partial charge in [-0.05, 0) is 42.7 Å². The number of hydrogen-bond acceptors (Lipinski definition) is 2. The zero-order chi connectivity index (χ0) is 16.9. The van der Waals surface area contributed by atoms with Gasteiger partial charge >= 0.3 is 6.18 Å². The number of nitrogens with zero attached hydrogens (tertiary/aromatic N) is 2. The summed E-state index contributed by atoms with van der Waals surface area (Å²) >= 11 is 0. The van der Waals surface area contributed by atoms with Crippen LogP contribution in [-0.2, 0) is 6.18 Å². The molecule has 0 atom stereocenters. The molecule has 0 fully saturated rings. The summed E-state index contributed by atoms with van der Waals surface area (Å²) in [7, 11) is 0. The van der Waals surface area contributed by atoms with E-state index in [9.17, 15) is 18.0 Å². The first-order valence-corrected chi connectivity index (χ1v) is 7.23. The number of fused-ring (bicyclic) bond motifs is 2. The number of aryl methyl sites for hydroxylation is 1. The first kappa shape index (κ1) is 15.5. The van der Waals surface area contributed by atoms with E-state index < -0.39 is 11.7 Å². The van der Waals surface area contributed by atoms with Crippen LogP contribution >= 0.6 is 0 Å². The first-order chi connectivity index (χ1) is 10.7. The summed E-state index contributed by atoms with van der Waals surface area (Å²) in [6.07, 6.45) is -4.47. The molecule has 0 saturated carbocycles. The van der Waals surface area contributed by atoms with E-state index in [1.165, 1.54) is 11.3 Å². The van der Waals surface area contributed by atoms with Crippen LogP contribution in [0.4, 0.5) is 13.2 Å². The van der Waals surface area contributed by atoms with Crippen molar-refractivity contribution in [1.29, 1.82) is 0 Å². The van der Waals surface area contributed by atoms with Gasteiger partial charge in [-0.1, -0.05) is 19.9 Å². The van der Waals surface area contributed by atoms with Gasteiger partial charge < -0.3 is 0 Å². The average Bonchev–Trinajstić information content (AvgIpc) is 2.45. The zero-order valence-electron chi connectivity index (χ0n) is 12.9. The summed E-state index contributed by atoms with van der Waals surface area (Å²) in [6, 6.07) is 7.16. The van der Waals surface area contributed by atoms with E-state index in [4.69, 9.17) is 0 Å². The van der Waals surface area contributed by atoms with E-state index >= 15 is 0 Å². The van der Waals surface area contributed by atoms with Gasteiger partial charge in [0.15, 0.2) is 0 Å². The molecule has 120 valence electrons. The van der Waals surface area contributed by atoms with E-state index in [2.05, 4.69) is 4.98 Å². The van der Waals surface area contributed by atoms with Gasteiger partial charge in [-0.3, -0.25) is 9.20 Å². The predicted octanol–water partition coefficient (Wildman–Crippen LogP) is 4.30. The van der Waals surface area contributed by atoms with Gasteiger partial charge in [0.25, 0.3) is 5.56 Å². The minimum Gasteiger partial charge on any atom is -0.268 e. The summed E-state index contributed by atoms with van der Waals surface area (Å²) in [5, 5.41) is 0.413. The van der Waals surface area contributed by atoms with E-state index in [-0.39, 0.29) is 22.8 Å². The summed E-state index contributed by atoms with van der Waals surface area (Å²) in [5.74, 6) is 0.244. The lowest BCUT2D eigenvalue weighted by Crippen LogP contribution is -2.19. The number of alkyl halides is 3. The summed E-state index contributed by atoms with van der Waals surface area (Å²) in [4.78, 5) is 16.9. The third-order valence-corrected chi connectivity index (χ3v) is 3.91. The molecular weight excluding hydrogens is 305 g/mol. The van der Waals surface area contributed by atoms with Gasteiger partial charge in [0.2, 0.25) is 0 Å². The Morgan fingerprint density at radius 3 is 2.43 bits per heavy atom. The van der Waals surface area contributed by atoms with Crippen molar-refractivity contribution in [2.75, 3.05) is 0 Å². The van der Waals surface area contributed by atoms with Gasteiger partial charge in [-0.15, -0.1) is 0 Å². The fourth-order valence-electron chi connectivity index (χ4n) is 2.65. The van der Waals surface area contributed by atoms with Crippen LogP contribution in [0.3, 0.4) is 0 Å². The Balaban J connectivity index is 2.41. The minimum atomic E-state index is -4.47. The van der Waals surface area contributed by atoms with E-state index in [0.717, 1.165) is 17.7 Å². The Morgan fingerprint density at radius 2 is 1.83 bits per heavy atom. The van der Waals surface area contributed by atoms with Crippen LogP contribution in [0, 0.1) is 6.92 Å². The molecule has 3 aromatic rings. The number of pyridine rings is 1. The zero-order valence-corrected chi connectivity index (χ0v) is 12.9. The van der Waals surface area contributed by atoms with Gasteiger partial charge in [0, 0.05) is 5.69 Å². The Morgan fingerprint density at radius 1 is 1.13 bits per heavy atom. The second kappa shape index (κ2) is 5.08. The highest BCUT2D eigenvalue weighted by molar-refractivity contribution is 5.80. The SMILES string of the molecule is Cc1cc(C(F)(F)F)cc2nc3ccc(C(C)C)cc3c(=O)n12. The van der Waals surface area contributed by atoms with Crippen LogP contribution in [-0.4, -0.2) is 9.38 Å². The second-order valence-electron chi connectivity index (χ2n) is 5.93. The summed E-state index contributed by atoms with van der Waals surface area (Å²) < 4.78 is 40.0. The number of rotatable bonds is 1. The van der Waals surface area contributed by atoms with Gasteiger partial charge in [-0.25, -0.2) is 4.98 Å². The van der Waals surface area contributed by atoms with Gasteiger partial charge in [0.1, 0.15) is 5.65 Å². The number of hydrogen-bond donors (Lipinski definition) is 0. The van der Waals surface area contributed by atoms with Crippen molar-refractivity contribution in [3.05, 3.63) is 57.5 Å². The van der Waals surface area contributed by atoms with Crippen LogP contribution in [0.1, 0.15) is 36.6 Å². The van der Waals surface area contributed by atoms with Crippen LogP contribution in [0.5, 0.6) is 0 Å². The molecule has 6 heteroatoms. The minimum absolute atomic E-state index is 0.00659. The predicted molar refractivity (Wildman–Crippen MR) is 82.8 cm³/mol. The average molecular weight is 320 g/mol. The quantitative estimate of drug-likeness (QED) is 0.627. The lowest BCUT2D eigenvalue weighted by Gasteiger charge is -2.12. The highest BCUT2D eigenvalue weighted by atomic mass is 19.4. The molecule has 3 nitrogen and oxygen atoms in total. The summed E-state index contributed by atoms with van der Waals surface area (Å²) in [6.45, 7) is 5.49. The van der Waals surface area contributed by atoms with E-state index in [1.807, 2.05) is 19.9 Å². The standard InChI is InChI=1S/C17H15F3N2O/c1-9(2)11-4-5-14-13(7-11)16(23)22-10(3)6-12(17(18,19)20)8-15(22)21-14/h4-9H,1-3H3. The van der Waals surface area contributed by atoms with Crippen LogP contribution < -0.4 is 5.56 Å². The molecule has 0 aliphatic carbocycles. The van der Waals surface area contributed by atoms with Gasteiger partial charge in [-0.2, -0.15) is 13.2 Å². The molecule has 3 rings (SSSR count). The van der Waals surface area contributed by atoms with Crippen LogP contribution in [0.25, 0.3) is 16.6 Å². The molecule has 0 radical (unpaired) electrons. The topological polar surface area (TPSA) is 34.4 Å². The molecule has 1 aromatic carbocycles. The maximum absolute atomic E-state index is 12.9. The monoisotopic (exact) mass is 320 g/mol. The van der Waals surface area contributed by atoms with Crippen molar-refractivity contribution in [2.24, 2.45) is 0 Å². The molecule has 0 N–H and O–H groups in total. The molecule has 0 aliphatic heterocycles. The largest absolute Gasteiger partial charge is 0.416 e. The van der Waals surface area contributed by atoms with E-state index in [1.54, 1.807) is 12.1 Å². The van der Waals surface area contributed by atoms with Crippen molar-refractivity contribution >= 4 is 16.6 Å². The lowest BCUT2D eigenvalue weighted by atomic mass is 10.0. The Hall–Kier alpha value is -2.37. The molecule has 2 aromatic heterocycles. The molecule has 0 unspecified atom stereocenters. The molecule has 23 heavy (non-hydrogen) atoms. The van der Waals surface area contributed by atoms with Crippen molar-refractivity contribution in [1.82, 2.24) is 9.38 Å². The Labute approximate surface area is 130 Å². The van der Waals surface area contributed by atoms with Crippen LogP contribution in [0.2, 0.25) is 0 Å². The third-order valence-electron chi connectivity index (χ3n) is 3.91. The second-order valence-corrected chi connectivity index (χ2v) is 5.93. The van der Waals surface area contributed by atoms with Crippen molar-refractivity contribution in [3.63, 3.8) is 0 Å². The fourth-order valence-corrected chi connectivity index (χ4v) is 2.65. The normalized spacial score (nSPS) is 12.5. The molecule has 0 amide bonds. The Bertz CT molecular complexity index is 971. The molecule has 0 bridgehead atoms. The van der Waals surface area contributed by atoms with Gasteiger partial charge in [0.05, 0.1) is 16.5 Å². The van der Waals surface area contributed by atoms with Crippen molar-refractivity contribution in [2.45, 2.75) is 32.9 Å². The number of aromatic nitrogens is 2. The highest BCUT2D eigenvalue weighted by Gasteiger charge is 2.31. The molecule has 0 spiro atoms. The number of benzene rings is 1. The molecule has 2 heterocycles. The van der Waals surface area contributed by atoms with Crippen molar-refractivity contribution < 1.29 is 13.2 Å². The maximum Gasteiger partial charge on any atom is 0.416 e. The molecule has 0 aliphatic rings. The van der Waals surface area contributed by atoms with Crippen molar-refractivity contribution in [3.8, 4) is 0 Å². The summed E-state index contributed by atoms with van der Waals surface area (Å²) in [5.41, 5.74) is 0.453. The third kappa shape index (κ3) is 2.58. The lowest BCUT2D eigenvalue weighted by molar-refractivity contribution is -0.137. The first-order valence-electron chi connectivity index (χ1n) is 7.23. The number of halogens is 3. The molecular formula is C17H15F3N2O.